The van der Waals surface area contributed by atoms with Crippen LogP contribution in [0, 0.1) is 0 Å². The van der Waals surface area contributed by atoms with Crippen molar-refractivity contribution in [1.29, 1.82) is 0 Å². The van der Waals surface area contributed by atoms with Crippen LogP contribution in [0.1, 0.15) is 39.0 Å². The van der Waals surface area contributed by atoms with Gasteiger partial charge in [-0.1, -0.05) is 71.0 Å². The molecule has 0 unspecified atom stereocenters. The first-order valence-electron chi connectivity index (χ1n) is 4.24. The van der Waals surface area contributed by atoms with E-state index in [-0.39, 0.29) is 0 Å². The highest BCUT2D eigenvalue weighted by atomic mass is 127. The van der Waals surface area contributed by atoms with Gasteiger partial charge in [0.1, 0.15) is 0 Å². The van der Waals surface area contributed by atoms with E-state index in [1.165, 1.54) is 32.1 Å². The van der Waals surface area contributed by atoms with Gasteiger partial charge in [0.15, 0.2) is 0 Å². The predicted molar refractivity (Wildman–Crippen MR) is 67.6 cm³/mol. The molecule has 0 aliphatic heterocycles. The third-order valence-electron chi connectivity index (χ3n) is 2.12. The fraction of sp³-hybridized carbons (Fsp3) is 0.778. The van der Waals surface area contributed by atoms with Crippen LogP contribution in [0.25, 0.3) is 0 Å². The molecule has 0 saturated heterocycles. The molecule has 1 aliphatic carbocycles. The number of hydrogen-bond acceptors (Lipinski definition) is 0. The summed E-state index contributed by atoms with van der Waals surface area (Å²) >= 11 is 5.19. The van der Waals surface area contributed by atoms with Crippen molar-refractivity contribution in [3.05, 3.63) is 11.6 Å². The number of halogens is 2. The second-order valence-corrected chi connectivity index (χ2v) is 8.82. The standard InChI is InChI=1S/C9H14I2/c1-2-3-7-9(10,11)8-5-4-6-8/h5H,2-4,6-7H2,1H3. The summed E-state index contributed by atoms with van der Waals surface area (Å²) in [5.74, 6) is 0. The van der Waals surface area contributed by atoms with Crippen LogP contribution in [-0.2, 0) is 0 Å². The van der Waals surface area contributed by atoms with E-state index in [0.717, 1.165) is 0 Å². The molecule has 0 fully saturated rings. The van der Waals surface area contributed by atoms with E-state index in [9.17, 15) is 0 Å². The van der Waals surface area contributed by atoms with Gasteiger partial charge in [0.2, 0.25) is 0 Å². The van der Waals surface area contributed by atoms with E-state index in [0.29, 0.717) is 1.43 Å². The second-order valence-electron chi connectivity index (χ2n) is 3.08. The zero-order chi connectivity index (χ0) is 8.32. The average Bonchev–Trinajstić information content (AvgIpc) is 1.78. The summed E-state index contributed by atoms with van der Waals surface area (Å²) in [6, 6.07) is 0. The molecule has 0 heterocycles. The quantitative estimate of drug-likeness (QED) is 0.386. The van der Waals surface area contributed by atoms with Gasteiger partial charge in [0.05, 0.1) is 1.43 Å². The molecule has 0 aromatic rings. The molecule has 0 radical (unpaired) electrons. The summed E-state index contributed by atoms with van der Waals surface area (Å²) in [7, 11) is 0. The Kier molecular flexibility index (Phi) is 4.15. The molecule has 0 N–H and O–H groups in total. The van der Waals surface area contributed by atoms with Crippen LogP contribution in [0.4, 0.5) is 0 Å². The van der Waals surface area contributed by atoms with Gasteiger partial charge in [-0.2, -0.15) is 0 Å². The summed E-state index contributed by atoms with van der Waals surface area (Å²) < 4.78 is 0.448. The van der Waals surface area contributed by atoms with Crippen LogP contribution in [-0.4, -0.2) is 1.43 Å². The molecule has 64 valence electrons. The molecular formula is C9H14I2. The van der Waals surface area contributed by atoms with Gasteiger partial charge < -0.3 is 0 Å². The molecule has 1 aliphatic rings. The van der Waals surface area contributed by atoms with Crippen LogP contribution in [0.15, 0.2) is 11.6 Å². The van der Waals surface area contributed by atoms with Gasteiger partial charge in [-0.05, 0) is 24.8 Å². The van der Waals surface area contributed by atoms with Crippen molar-refractivity contribution in [2.45, 2.75) is 40.5 Å². The highest BCUT2D eigenvalue weighted by Gasteiger charge is 2.29. The average molecular weight is 376 g/mol. The molecule has 1 rings (SSSR count). The largest absolute Gasteiger partial charge is 0.0942 e. The lowest BCUT2D eigenvalue weighted by molar-refractivity contribution is 0.686. The Hall–Kier alpha value is 1.20. The lowest BCUT2D eigenvalue weighted by Crippen LogP contribution is -2.18. The van der Waals surface area contributed by atoms with Crippen molar-refractivity contribution < 1.29 is 0 Å². The zero-order valence-electron chi connectivity index (χ0n) is 6.87. The minimum atomic E-state index is 0.448. The lowest BCUT2D eigenvalue weighted by Gasteiger charge is -2.28. The maximum absolute atomic E-state index is 2.59. The minimum absolute atomic E-state index is 0.448. The zero-order valence-corrected chi connectivity index (χ0v) is 11.2. The Bertz CT molecular complexity index is 159. The van der Waals surface area contributed by atoms with Crippen molar-refractivity contribution >= 4 is 45.2 Å². The summed E-state index contributed by atoms with van der Waals surface area (Å²) in [6.07, 6.45) is 9.08. The van der Waals surface area contributed by atoms with E-state index in [2.05, 4.69) is 58.2 Å². The van der Waals surface area contributed by atoms with Crippen LogP contribution < -0.4 is 0 Å². The van der Waals surface area contributed by atoms with E-state index in [1.807, 2.05) is 0 Å². The van der Waals surface area contributed by atoms with Gasteiger partial charge in [-0.3, -0.25) is 0 Å². The first-order chi connectivity index (χ1) is 5.17. The van der Waals surface area contributed by atoms with Crippen LogP contribution in [0.2, 0.25) is 0 Å². The van der Waals surface area contributed by atoms with Crippen molar-refractivity contribution in [1.82, 2.24) is 0 Å². The molecule has 2 heteroatoms. The fourth-order valence-corrected chi connectivity index (χ4v) is 2.92. The second kappa shape index (κ2) is 4.44. The van der Waals surface area contributed by atoms with Crippen molar-refractivity contribution in [2.24, 2.45) is 0 Å². The third kappa shape index (κ3) is 2.86. The van der Waals surface area contributed by atoms with E-state index < -0.39 is 0 Å². The molecule has 11 heavy (non-hydrogen) atoms. The number of unbranched alkanes of at least 4 members (excludes halogenated alkanes) is 1. The molecule has 0 amide bonds. The van der Waals surface area contributed by atoms with Gasteiger partial charge in [0, 0.05) is 0 Å². The van der Waals surface area contributed by atoms with Crippen LogP contribution >= 0.6 is 45.2 Å². The number of hydrogen-bond donors (Lipinski definition) is 0. The van der Waals surface area contributed by atoms with Crippen molar-refractivity contribution in [3.63, 3.8) is 0 Å². The monoisotopic (exact) mass is 376 g/mol. The van der Waals surface area contributed by atoms with Crippen molar-refractivity contribution in [2.75, 3.05) is 0 Å². The van der Waals surface area contributed by atoms with Gasteiger partial charge in [-0.25, -0.2) is 0 Å². The minimum Gasteiger partial charge on any atom is -0.0829 e. The topological polar surface area (TPSA) is 0 Å². The SMILES string of the molecule is CCCCC(I)(I)C1=CCC1. The van der Waals surface area contributed by atoms with Crippen LogP contribution in [0.5, 0.6) is 0 Å². The number of allylic oxidation sites excluding steroid dienone is 2. The van der Waals surface area contributed by atoms with Gasteiger partial charge in [0.25, 0.3) is 0 Å². The molecule has 0 atom stereocenters. The van der Waals surface area contributed by atoms with E-state index >= 15 is 0 Å². The summed E-state index contributed by atoms with van der Waals surface area (Å²) in [5.41, 5.74) is 1.67. The molecule has 0 bridgehead atoms. The molecular weight excluding hydrogens is 362 g/mol. The number of alkyl halides is 2. The summed E-state index contributed by atoms with van der Waals surface area (Å²) in [6.45, 7) is 2.26. The first-order valence-corrected chi connectivity index (χ1v) is 6.40. The molecule has 0 aromatic heterocycles. The first kappa shape index (κ1) is 10.3. The Labute approximate surface area is 96.5 Å². The lowest BCUT2D eigenvalue weighted by atomic mass is 9.94. The Morgan fingerprint density at radius 1 is 1.55 bits per heavy atom. The van der Waals surface area contributed by atoms with E-state index in [1.54, 1.807) is 5.57 Å². The third-order valence-corrected chi connectivity index (χ3v) is 4.58. The molecule has 0 spiro atoms. The van der Waals surface area contributed by atoms with E-state index in [4.69, 9.17) is 0 Å². The van der Waals surface area contributed by atoms with Crippen LogP contribution in [0.3, 0.4) is 0 Å². The normalized spacial score (nSPS) is 17.5. The molecule has 0 aromatic carbocycles. The Balaban J connectivity index is 2.38. The highest BCUT2D eigenvalue weighted by molar-refractivity contribution is 14.2. The molecule has 0 nitrogen and oxygen atoms in total. The Morgan fingerprint density at radius 3 is 2.55 bits per heavy atom. The smallest absolute Gasteiger partial charge is 0.0829 e. The van der Waals surface area contributed by atoms with Crippen molar-refractivity contribution in [3.8, 4) is 0 Å². The maximum atomic E-state index is 2.59. The number of rotatable bonds is 4. The molecule has 0 saturated carbocycles. The Morgan fingerprint density at radius 2 is 2.18 bits per heavy atom. The highest BCUT2D eigenvalue weighted by Crippen LogP contribution is 2.45. The maximum Gasteiger partial charge on any atom is 0.0942 e. The van der Waals surface area contributed by atoms with Gasteiger partial charge in [-0.15, -0.1) is 0 Å². The van der Waals surface area contributed by atoms with Gasteiger partial charge >= 0.3 is 0 Å². The summed E-state index contributed by atoms with van der Waals surface area (Å²) in [5, 5.41) is 0. The predicted octanol–water partition coefficient (Wildman–Crippen LogP) is 4.46. The summed E-state index contributed by atoms with van der Waals surface area (Å²) in [4.78, 5) is 0. The fourth-order valence-electron chi connectivity index (χ4n) is 1.18.